The number of hydrogen-bond acceptors (Lipinski definition) is 5. The maximum atomic E-state index is 9.79. The zero-order valence-electron chi connectivity index (χ0n) is 10.5. The van der Waals surface area contributed by atoms with Crippen molar-refractivity contribution in [2.24, 2.45) is 0 Å². The molecule has 3 N–H and O–H groups in total. The number of hydrogen-bond donors (Lipinski definition) is 3. The Hall–Kier alpha value is -1.01. The first kappa shape index (κ1) is 20.3. The molecule has 0 atom stereocenters. The molecule has 0 saturated carbocycles. The molecule has 0 aliphatic heterocycles. The lowest BCUT2D eigenvalue weighted by Crippen LogP contribution is -2.01. The highest BCUT2D eigenvalue weighted by atomic mass is 32.3. The summed E-state index contributed by atoms with van der Waals surface area (Å²) in [6.07, 6.45) is 6.00. The summed E-state index contributed by atoms with van der Waals surface area (Å²) < 4.78 is 61.2. The van der Waals surface area contributed by atoms with E-state index in [1.807, 2.05) is 10.8 Å². The highest BCUT2D eigenvalue weighted by molar-refractivity contribution is 7.85. The van der Waals surface area contributed by atoms with Crippen LogP contribution in [0.25, 0.3) is 0 Å². The van der Waals surface area contributed by atoms with E-state index >= 15 is 0 Å². The van der Waals surface area contributed by atoms with Gasteiger partial charge in [0.1, 0.15) is 0 Å². The predicted octanol–water partition coefficient (Wildman–Crippen LogP) is 0.534. The van der Waals surface area contributed by atoms with Crippen LogP contribution in [0.2, 0.25) is 0 Å². The van der Waals surface area contributed by atoms with Crippen LogP contribution in [0.15, 0.2) is 18.7 Å². The van der Waals surface area contributed by atoms with E-state index in [1.165, 1.54) is 0 Å². The third-order valence-electron chi connectivity index (χ3n) is 1.39. The van der Waals surface area contributed by atoms with E-state index < -0.39 is 20.5 Å². The third-order valence-corrected chi connectivity index (χ3v) is 2.31. The van der Waals surface area contributed by atoms with Gasteiger partial charge in [0.2, 0.25) is 0 Å². The molecule has 0 radical (unpaired) electrons. The fraction of sp³-hybridized carbons (Fsp3) is 0.625. The average Bonchev–Trinajstić information content (AvgIpc) is 2.65. The van der Waals surface area contributed by atoms with E-state index in [-0.39, 0.29) is 5.75 Å². The predicted molar refractivity (Wildman–Crippen MR) is 68.8 cm³/mol. The van der Waals surface area contributed by atoms with Gasteiger partial charge in [0, 0.05) is 18.9 Å². The zero-order chi connectivity index (χ0) is 15.5. The maximum Gasteiger partial charge on any atom is 0.394 e. The molecule has 1 heterocycles. The summed E-state index contributed by atoms with van der Waals surface area (Å²) in [4.78, 5) is 3.86. The van der Waals surface area contributed by atoms with Gasteiger partial charge in [-0.25, -0.2) is 4.98 Å². The van der Waals surface area contributed by atoms with Crippen LogP contribution in [0.5, 0.6) is 0 Å². The van der Waals surface area contributed by atoms with Gasteiger partial charge in [-0.15, -0.1) is 0 Å². The van der Waals surface area contributed by atoms with E-state index in [2.05, 4.69) is 11.9 Å². The van der Waals surface area contributed by atoms with Crippen LogP contribution >= 0.6 is 0 Å². The summed E-state index contributed by atoms with van der Waals surface area (Å²) in [5.41, 5.74) is 0. The zero-order valence-corrected chi connectivity index (χ0v) is 12.2. The molecule has 1 rings (SSSR count). The van der Waals surface area contributed by atoms with Crippen molar-refractivity contribution >= 4 is 20.5 Å². The van der Waals surface area contributed by atoms with Gasteiger partial charge in [0.15, 0.2) is 0 Å². The van der Waals surface area contributed by atoms with E-state index in [1.54, 1.807) is 19.4 Å². The van der Waals surface area contributed by atoms with Gasteiger partial charge < -0.3 is 4.57 Å². The highest BCUT2D eigenvalue weighted by Gasteiger charge is 1.98. The fourth-order valence-electron chi connectivity index (χ4n) is 0.732. The summed E-state index contributed by atoms with van der Waals surface area (Å²) >= 11 is 0. The summed E-state index contributed by atoms with van der Waals surface area (Å²) in [5.74, 6) is -0.132. The molecule has 11 heteroatoms. The highest BCUT2D eigenvalue weighted by Crippen LogP contribution is 1.83. The molecule has 19 heavy (non-hydrogen) atoms. The topological polar surface area (TPSA) is 147 Å². The van der Waals surface area contributed by atoms with Crippen molar-refractivity contribution in [3.8, 4) is 0 Å². The monoisotopic (exact) mass is 318 g/mol. The van der Waals surface area contributed by atoms with Crippen molar-refractivity contribution in [2.45, 2.75) is 26.8 Å². The average molecular weight is 318 g/mol. The maximum absolute atomic E-state index is 9.79. The van der Waals surface area contributed by atoms with Crippen molar-refractivity contribution in [1.29, 1.82) is 0 Å². The van der Waals surface area contributed by atoms with Crippen LogP contribution in [0, 0.1) is 0 Å². The molecular weight excluding hydrogens is 300 g/mol. The molecule has 0 fully saturated rings. The fourth-order valence-corrected chi connectivity index (χ4v) is 1.25. The van der Waals surface area contributed by atoms with E-state index in [0.717, 1.165) is 6.54 Å². The second-order valence-electron chi connectivity index (χ2n) is 3.13. The lowest BCUT2D eigenvalue weighted by atomic mass is 10.6. The molecule has 1 aromatic rings. The van der Waals surface area contributed by atoms with Gasteiger partial charge in [-0.2, -0.15) is 16.8 Å². The van der Waals surface area contributed by atoms with Crippen molar-refractivity contribution < 1.29 is 30.5 Å². The Morgan fingerprint density at radius 3 is 1.68 bits per heavy atom. The van der Waals surface area contributed by atoms with Gasteiger partial charge >= 0.3 is 10.4 Å². The number of rotatable bonds is 3. The number of nitrogens with zero attached hydrogens (tertiary/aromatic N) is 2. The van der Waals surface area contributed by atoms with Gasteiger partial charge in [-0.05, 0) is 13.3 Å². The van der Waals surface area contributed by atoms with Crippen LogP contribution in [0.4, 0.5) is 0 Å². The first-order chi connectivity index (χ1) is 8.49. The molecule has 0 amide bonds. The first-order valence-electron chi connectivity index (χ1n) is 5.10. The summed E-state index contributed by atoms with van der Waals surface area (Å²) in [6.45, 7) is 4.79. The molecule has 114 valence electrons. The number of aromatic nitrogens is 2. The minimum Gasteiger partial charge on any atom is -0.338 e. The SMILES string of the molecule is CCCS(=O)(=O)O.CCn1ccnc1.O=S(=O)(O)O. The number of imidazole rings is 1. The Bertz CT molecular complexity index is 499. The quantitative estimate of drug-likeness (QED) is 0.684. The molecule has 0 spiro atoms. The Labute approximate surface area is 112 Å². The van der Waals surface area contributed by atoms with Crippen molar-refractivity contribution in [3.05, 3.63) is 18.7 Å². The molecule has 0 aliphatic rings. The Morgan fingerprint density at radius 2 is 1.58 bits per heavy atom. The van der Waals surface area contributed by atoms with Crippen molar-refractivity contribution in [1.82, 2.24) is 9.55 Å². The van der Waals surface area contributed by atoms with Crippen LogP contribution in [0.3, 0.4) is 0 Å². The van der Waals surface area contributed by atoms with E-state index in [4.69, 9.17) is 22.1 Å². The van der Waals surface area contributed by atoms with E-state index in [0.29, 0.717) is 6.42 Å². The largest absolute Gasteiger partial charge is 0.394 e. The summed E-state index contributed by atoms with van der Waals surface area (Å²) in [6, 6.07) is 0. The molecule has 0 bridgehead atoms. The van der Waals surface area contributed by atoms with Crippen LogP contribution in [-0.2, 0) is 27.1 Å². The second-order valence-corrected chi connectivity index (χ2v) is 5.59. The molecule has 9 nitrogen and oxygen atoms in total. The van der Waals surface area contributed by atoms with Crippen molar-refractivity contribution in [3.63, 3.8) is 0 Å². The lowest BCUT2D eigenvalue weighted by molar-refractivity contribution is 0.381. The van der Waals surface area contributed by atoms with Gasteiger partial charge in [-0.1, -0.05) is 6.92 Å². The minimum absolute atomic E-state index is 0.132. The Balaban J connectivity index is 0. The van der Waals surface area contributed by atoms with Gasteiger partial charge in [-0.3, -0.25) is 13.7 Å². The molecule has 0 aliphatic carbocycles. The van der Waals surface area contributed by atoms with Crippen LogP contribution in [-0.4, -0.2) is 45.8 Å². The molecule has 0 aromatic carbocycles. The van der Waals surface area contributed by atoms with Gasteiger partial charge in [0.05, 0.1) is 12.1 Å². The normalized spacial score (nSPS) is 10.8. The molecule has 0 saturated heterocycles. The van der Waals surface area contributed by atoms with Crippen LogP contribution < -0.4 is 0 Å². The molecular formula is C8H18N2O7S2. The lowest BCUT2D eigenvalue weighted by Gasteiger charge is -1.87. The Morgan fingerprint density at radius 1 is 1.11 bits per heavy atom. The van der Waals surface area contributed by atoms with Gasteiger partial charge in [0.25, 0.3) is 10.1 Å². The molecule has 0 unspecified atom stereocenters. The second kappa shape index (κ2) is 9.86. The number of aryl methyl sites for hydroxylation is 1. The standard InChI is InChI=1S/C5H8N2.C3H8O3S.H2O4S/c1-2-7-4-3-6-5-7;1-2-3-7(4,5)6;1-5(2,3)4/h3-5H,2H2,1H3;2-3H2,1H3,(H,4,5,6);(H2,1,2,3,4). The van der Waals surface area contributed by atoms with Crippen molar-refractivity contribution in [2.75, 3.05) is 5.75 Å². The summed E-state index contributed by atoms with van der Waals surface area (Å²) in [7, 11) is -8.34. The smallest absolute Gasteiger partial charge is 0.338 e. The minimum atomic E-state index is -4.67. The Kier molecular flexibility index (Phi) is 10.5. The first-order valence-corrected chi connectivity index (χ1v) is 8.11. The molecule has 1 aromatic heterocycles. The van der Waals surface area contributed by atoms with Crippen LogP contribution in [0.1, 0.15) is 20.3 Å². The summed E-state index contributed by atoms with van der Waals surface area (Å²) in [5, 5.41) is 0. The third kappa shape index (κ3) is 26.6. The van der Waals surface area contributed by atoms with E-state index in [9.17, 15) is 8.42 Å².